The monoisotopic (exact) mass is 498 g/mol. The zero-order chi connectivity index (χ0) is 26.4. The van der Waals surface area contributed by atoms with Crippen LogP contribution in [-0.2, 0) is 13.1 Å². The predicted octanol–water partition coefficient (Wildman–Crippen LogP) is 3.25. The van der Waals surface area contributed by atoms with Gasteiger partial charge in [-0.3, -0.25) is 14.4 Å². The van der Waals surface area contributed by atoms with E-state index in [4.69, 9.17) is 0 Å². The molecule has 0 radical (unpaired) electrons. The summed E-state index contributed by atoms with van der Waals surface area (Å²) in [5.74, 6) is -1.39. The molecule has 0 saturated heterocycles. The third kappa shape index (κ3) is 6.40. The Bertz CT molecular complexity index is 1190. The summed E-state index contributed by atoms with van der Waals surface area (Å²) in [5.41, 5.74) is 0.103. The van der Waals surface area contributed by atoms with Crippen molar-refractivity contribution in [2.45, 2.75) is 47.2 Å². The van der Waals surface area contributed by atoms with Gasteiger partial charge in [-0.1, -0.05) is 39.0 Å². The minimum absolute atomic E-state index is 0.0814. The fourth-order valence-corrected chi connectivity index (χ4v) is 4.12. The van der Waals surface area contributed by atoms with Gasteiger partial charge in [-0.25, -0.2) is 4.39 Å². The van der Waals surface area contributed by atoms with Crippen LogP contribution in [0.1, 0.15) is 60.5 Å². The molecule has 0 spiro atoms. The molecule has 1 atom stereocenters. The summed E-state index contributed by atoms with van der Waals surface area (Å²) in [6.45, 7) is 10.8. The lowest BCUT2D eigenvalue weighted by atomic mass is 10.1. The van der Waals surface area contributed by atoms with Crippen molar-refractivity contribution in [2.24, 2.45) is 11.8 Å². The van der Waals surface area contributed by atoms with Crippen LogP contribution in [-0.4, -0.2) is 46.0 Å². The van der Waals surface area contributed by atoms with Crippen LogP contribution >= 0.6 is 0 Å². The van der Waals surface area contributed by atoms with Crippen molar-refractivity contribution < 1.29 is 19.1 Å². The average Bonchev–Trinajstić information content (AvgIpc) is 2.84. The highest BCUT2D eigenvalue weighted by Crippen LogP contribution is 2.26. The van der Waals surface area contributed by atoms with E-state index in [2.05, 4.69) is 31.4 Å². The maximum atomic E-state index is 13.3. The Morgan fingerprint density at radius 3 is 2.50 bits per heavy atom. The van der Waals surface area contributed by atoms with E-state index in [1.807, 2.05) is 13.0 Å². The van der Waals surface area contributed by atoms with Crippen LogP contribution in [0.5, 0.6) is 5.75 Å². The van der Waals surface area contributed by atoms with Crippen LogP contribution in [0.25, 0.3) is 0 Å². The number of halogens is 1. The van der Waals surface area contributed by atoms with Crippen molar-refractivity contribution in [1.29, 1.82) is 0 Å². The smallest absolute Gasteiger partial charge is 0.278 e. The number of hydrogen-bond donors (Lipinski definition) is 3. The van der Waals surface area contributed by atoms with Crippen LogP contribution in [0.3, 0.4) is 0 Å². The van der Waals surface area contributed by atoms with Gasteiger partial charge in [-0.15, -0.1) is 0 Å². The molecule has 1 aliphatic heterocycles. The quantitative estimate of drug-likeness (QED) is 0.467. The number of aromatic nitrogens is 1. The van der Waals surface area contributed by atoms with Crippen molar-refractivity contribution in [3.05, 3.63) is 75.1 Å². The Labute approximate surface area is 210 Å². The first-order valence-electron chi connectivity index (χ1n) is 12.3. The van der Waals surface area contributed by atoms with E-state index in [0.29, 0.717) is 23.9 Å². The van der Waals surface area contributed by atoms with Crippen molar-refractivity contribution >= 4 is 11.8 Å². The summed E-state index contributed by atoms with van der Waals surface area (Å²) in [5, 5.41) is 16.7. The van der Waals surface area contributed by atoms with E-state index in [1.54, 1.807) is 4.90 Å². The summed E-state index contributed by atoms with van der Waals surface area (Å²) >= 11 is 0. The van der Waals surface area contributed by atoms with E-state index < -0.39 is 28.8 Å². The molecule has 0 fully saturated rings. The number of aromatic hydroxyl groups is 1. The summed E-state index contributed by atoms with van der Waals surface area (Å²) in [6.07, 6.45) is 3.89. The van der Waals surface area contributed by atoms with E-state index in [-0.39, 0.29) is 24.3 Å². The van der Waals surface area contributed by atoms with Crippen LogP contribution in [0, 0.1) is 17.7 Å². The normalized spacial score (nSPS) is 15.3. The molecule has 0 aliphatic carbocycles. The molecule has 2 aromatic rings. The predicted molar refractivity (Wildman–Crippen MR) is 136 cm³/mol. The lowest BCUT2D eigenvalue weighted by Crippen LogP contribution is -2.42. The molecular weight excluding hydrogens is 463 g/mol. The molecule has 2 heterocycles. The molecule has 36 heavy (non-hydrogen) atoms. The Kier molecular flexibility index (Phi) is 9.03. The molecule has 0 bridgehead atoms. The lowest BCUT2D eigenvalue weighted by Gasteiger charge is -2.33. The van der Waals surface area contributed by atoms with Crippen LogP contribution in [0.4, 0.5) is 4.39 Å². The number of nitrogens with zero attached hydrogens (tertiary/aromatic N) is 2. The van der Waals surface area contributed by atoms with Gasteiger partial charge in [0.1, 0.15) is 11.4 Å². The highest BCUT2D eigenvalue weighted by molar-refractivity contribution is 5.99. The van der Waals surface area contributed by atoms with E-state index in [9.17, 15) is 23.9 Å². The van der Waals surface area contributed by atoms with Crippen molar-refractivity contribution in [3.8, 4) is 5.75 Å². The number of fused-ring (bicyclic) bond motifs is 1. The highest BCUT2D eigenvalue weighted by Gasteiger charge is 2.33. The van der Waals surface area contributed by atoms with Crippen LogP contribution < -0.4 is 16.1 Å². The minimum Gasteiger partial charge on any atom is -0.503 e. The molecule has 1 aromatic heterocycles. The molecule has 1 aliphatic rings. The first-order valence-corrected chi connectivity index (χ1v) is 12.3. The Hall–Kier alpha value is -3.46. The zero-order valence-corrected chi connectivity index (χ0v) is 21.3. The second kappa shape index (κ2) is 12.0. The van der Waals surface area contributed by atoms with Crippen LogP contribution in [0.2, 0.25) is 0 Å². The second-order valence-electron chi connectivity index (χ2n) is 9.69. The molecule has 8 nitrogen and oxygen atoms in total. The molecule has 1 aromatic carbocycles. The number of amides is 2. The molecule has 0 unspecified atom stereocenters. The zero-order valence-electron chi connectivity index (χ0n) is 21.3. The molecular formula is C27H35FN4O4. The maximum absolute atomic E-state index is 13.3. The number of nitrogens with one attached hydrogen (secondary N) is 2. The fraction of sp³-hybridized carbons (Fsp3) is 0.444. The highest BCUT2D eigenvalue weighted by atomic mass is 19.1. The topological polar surface area (TPSA) is 104 Å². The van der Waals surface area contributed by atoms with Crippen LogP contribution in [0.15, 0.2) is 47.0 Å². The van der Waals surface area contributed by atoms with Gasteiger partial charge >= 0.3 is 0 Å². The van der Waals surface area contributed by atoms with Gasteiger partial charge in [-0.2, -0.15) is 0 Å². The molecule has 9 heteroatoms. The fourth-order valence-electron chi connectivity index (χ4n) is 4.12. The number of pyridine rings is 1. The summed E-state index contributed by atoms with van der Waals surface area (Å²) < 4.78 is 14.5. The number of benzene rings is 1. The number of rotatable bonds is 10. The molecule has 3 N–H and O–H groups in total. The molecule has 0 saturated carbocycles. The number of hydrogen-bond acceptors (Lipinski definition) is 5. The SMILES string of the molecule is C/C=C1\Cn2cc(C(=O)NCc3ccc(F)cc3)c(=O)c(O)c2C(=O)N1CC[C@@H](C)CNCC(C)C. The lowest BCUT2D eigenvalue weighted by molar-refractivity contribution is 0.0749. The molecule has 2 amide bonds. The maximum Gasteiger partial charge on any atom is 0.278 e. The Morgan fingerprint density at radius 2 is 1.86 bits per heavy atom. The standard InChI is InChI=1S/C27H35FN4O4/c1-5-21-15-31-16-22(26(35)30-14-19-6-8-20(28)9-7-19)24(33)25(34)23(31)27(36)32(21)11-10-18(4)13-29-12-17(2)3/h5-9,16-18,29,34H,10-15H2,1-4H3,(H,30,35)/b21-5+/t18-/m1/s1. The first kappa shape index (κ1) is 27.1. The van der Waals surface area contributed by atoms with Crippen molar-refractivity contribution in [3.63, 3.8) is 0 Å². The summed E-state index contributed by atoms with van der Waals surface area (Å²) in [6, 6.07) is 5.61. The van der Waals surface area contributed by atoms with E-state index in [0.717, 1.165) is 25.2 Å². The Morgan fingerprint density at radius 1 is 1.17 bits per heavy atom. The third-order valence-corrected chi connectivity index (χ3v) is 6.22. The minimum atomic E-state index is -0.902. The number of carbonyl (C=O) groups excluding carboxylic acids is 2. The van der Waals surface area contributed by atoms with Gasteiger partial charge < -0.3 is 25.2 Å². The van der Waals surface area contributed by atoms with Gasteiger partial charge in [0.05, 0.1) is 6.54 Å². The van der Waals surface area contributed by atoms with Gasteiger partial charge in [0, 0.05) is 25.0 Å². The number of allylic oxidation sites excluding steroid dienone is 2. The molecule has 194 valence electrons. The van der Waals surface area contributed by atoms with Gasteiger partial charge in [-0.05, 0) is 56.0 Å². The van der Waals surface area contributed by atoms with E-state index >= 15 is 0 Å². The number of carbonyl (C=O) groups is 2. The first-order chi connectivity index (χ1) is 17.1. The third-order valence-electron chi connectivity index (χ3n) is 6.22. The Balaban J connectivity index is 1.75. The van der Waals surface area contributed by atoms with Gasteiger partial charge in [0.2, 0.25) is 5.43 Å². The largest absolute Gasteiger partial charge is 0.503 e. The average molecular weight is 499 g/mol. The summed E-state index contributed by atoms with van der Waals surface area (Å²) in [4.78, 5) is 40.4. The summed E-state index contributed by atoms with van der Waals surface area (Å²) in [7, 11) is 0. The van der Waals surface area contributed by atoms with Crippen molar-refractivity contribution in [1.82, 2.24) is 20.1 Å². The molecule has 3 rings (SSSR count). The van der Waals surface area contributed by atoms with Crippen molar-refractivity contribution in [2.75, 3.05) is 19.6 Å². The second-order valence-corrected chi connectivity index (χ2v) is 9.69. The van der Waals surface area contributed by atoms with Gasteiger partial charge in [0.15, 0.2) is 11.4 Å². The van der Waals surface area contributed by atoms with E-state index in [1.165, 1.54) is 35.0 Å². The van der Waals surface area contributed by atoms with Gasteiger partial charge in [0.25, 0.3) is 11.8 Å².